The summed E-state index contributed by atoms with van der Waals surface area (Å²) in [6.07, 6.45) is 0. The Kier molecular flexibility index (Phi) is 4.15. The standard InChI is InChI=1S/C17H14N2O5/c1-23-17(22)10-4-2-5-11(8-10)18-16(21)12-6-3-7-13-15(12)24-9-14(20)19-13/h2-8H,9H2,1H3,(H,18,21)(H,19,20). The number of ether oxygens (including phenoxy) is 2. The van der Waals surface area contributed by atoms with Crippen LogP contribution >= 0.6 is 0 Å². The number of benzene rings is 2. The predicted molar refractivity (Wildman–Crippen MR) is 86.3 cm³/mol. The second-order valence-electron chi connectivity index (χ2n) is 5.05. The maximum absolute atomic E-state index is 12.5. The summed E-state index contributed by atoms with van der Waals surface area (Å²) in [6, 6.07) is 11.3. The number of para-hydroxylation sites is 1. The van der Waals surface area contributed by atoms with Gasteiger partial charge < -0.3 is 20.1 Å². The van der Waals surface area contributed by atoms with Gasteiger partial charge in [0.2, 0.25) is 0 Å². The van der Waals surface area contributed by atoms with Crippen LogP contribution in [0.1, 0.15) is 20.7 Å². The first kappa shape index (κ1) is 15.5. The lowest BCUT2D eigenvalue weighted by atomic mass is 10.1. The lowest BCUT2D eigenvalue weighted by Crippen LogP contribution is -2.27. The van der Waals surface area contributed by atoms with E-state index in [-0.39, 0.29) is 18.1 Å². The highest BCUT2D eigenvalue weighted by Gasteiger charge is 2.22. The summed E-state index contributed by atoms with van der Waals surface area (Å²) in [7, 11) is 1.29. The van der Waals surface area contributed by atoms with Crippen molar-refractivity contribution in [3.05, 3.63) is 53.6 Å². The maximum Gasteiger partial charge on any atom is 0.337 e. The second-order valence-corrected chi connectivity index (χ2v) is 5.05. The number of fused-ring (bicyclic) bond motifs is 1. The summed E-state index contributed by atoms with van der Waals surface area (Å²) in [5, 5.41) is 5.35. The zero-order valence-electron chi connectivity index (χ0n) is 12.8. The fourth-order valence-corrected chi connectivity index (χ4v) is 2.33. The first-order chi connectivity index (χ1) is 11.6. The van der Waals surface area contributed by atoms with Gasteiger partial charge in [-0.3, -0.25) is 9.59 Å². The van der Waals surface area contributed by atoms with Crippen molar-refractivity contribution in [3.63, 3.8) is 0 Å². The van der Waals surface area contributed by atoms with E-state index in [4.69, 9.17) is 4.74 Å². The summed E-state index contributed by atoms with van der Waals surface area (Å²) in [6.45, 7) is -0.144. The number of anilines is 2. The van der Waals surface area contributed by atoms with Crippen molar-refractivity contribution < 1.29 is 23.9 Å². The third kappa shape index (κ3) is 3.05. The van der Waals surface area contributed by atoms with Gasteiger partial charge >= 0.3 is 5.97 Å². The highest BCUT2D eigenvalue weighted by molar-refractivity contribution is 6.09. The number of carbonyl (C=O) groups excluding carboxylic acids is 3. The highest BCUT2D eigenvalue weighted by Crippen LogP contribution is 2.32. The minimum Gasteiger partial charge on any atom is -0.481 e. The number of rotatable bonds is 3. The lowest BCUT2D eigenvalue weighted by molar-refractivity contribution is -0.118. The minimum absolute atomic E-state index is 0.144. The molecule has 0 fully saturated rings. The Bertz CT molecular complexity index is 831. The Balaban J connectivity index is 1.85. The molecule has 2 N–H and O–H groups in total. The molecule has 0 radical (unpaired) electrons. The minimum atomic E-state index is -0.491. The molecule has 122 valence electrons. The molecule has 0 aromatic heterocycles. The number of carbonyl (C=O) groups is 3. The van der Waals surface area contributed by atoms with Crippen LogP contribution in [0.15, 0.2) is 42.5 Å². The lowest BCUT2D eigenvalue weighted by Gasteiger charge is -2.20. The average Bonchev–Trinajstić information content (AvgIpc) is 2.60. The van der Waals surface area contributed by atoms with Crippen LogP contribution in [-0.2, 0) is 9.53 Å². The van der Waals surface area contributed by atoms with E-state index in [1.54, 1.807) is 36.4 Å². The van der Waals surface area contributed by atoms with E-state index < -0.39 is 11.9 Å². The Morgan fingerprint density at radius 3 is 2.79 bits per heavy atom. The first-order valence-corrected chi connectivity index (χ1v) is 7.14. The van der Waals surface area contributed by atoms with Crippen molar-refractivity contribution in [2.45, 2.75) is 0 Å². The smallest absolute Gasteiger partial charge is 0.337 e. The molecule has 2 aromatic rings. The number of hydrogen-bond donors (Lipinski definition) is 2. The topological polar surface area (TPSA) is 93.7 Å². The molecular formula is C17H14N2O5. The largest absolute Gasteiger partial charge is 0.481 e. The Morgan fingerprint density at radius 1 is 1.21 bits per heavy atom. The van der Waals surface area contributed by atoms with Gasteiger partial charge in [-0.2, -0.15) is 0 Å². The van der Waals surface area contributed by atoms with Crippen molar-refractivity contribution in [3.8, 4) is 5.75 Å². The number of nitrogens with one attached hydrogen (secondary N) is 2. The van der Waals surface area contributed by atoms with Crippen LogP contribution in [0.4, 0.5) is 11.4 Å². The molecule has 0 atom stereocenters. The molecule has 2 aromatic carbocycles. The molecule has 7 heteroatoms. The van der Waals surface area contributed by atoms with E-state index in [9.17, 15) is 14.4 Å². The monoisotopic (exact) mass is 326 g/mol. The number of methoxy groups -OCH3 is 1. The van der Waals surface area contributed by atoms with E-state index in [1.807, 2.05) is 0 Å². The van der Waals surface area contributed by atoms with Crippen LogP contribution in [0.3, 0.4) is 0 Å². The second kappa shape index (κ2) is 6.41. The molecule has 0 spiro atoms. The molecule has 1 heterocycles. The Morgan fingerprint density at radius 2 is 2.00 bits per heavy atom. The highest BCUT2D eigenvalue weighted by atomic mass is 16.5. The number of amides is 2. The van der Waals surface area contributed by atoms with Crippen molar-refractivity contribution in [1.82, 2.24) is 0 Å². The Labute approximate surface area is 137 Å². The van der Waals surface area contributed by atoms with Gasteiger partial charge in [-0.05, 0) is 30.3 Å². The van der Waals surface area contributed by atoms with Crippen molar-refractivity contribution in [2.24, 2.45) is 0 Å². The van der Waals surface area contributed by atoms with E-state index in [2.05, 4.69) is 15.4 Å². The third-order valence-electron chi connectivity index (χ3n) is 3.42. The fourth-order valence-electron chi connectivity index (χ4n) is 2.33. The Hall–Kier alpha value is -3.35. The van der Waals surface area contributed by atoms with Crippen LogP contribution in [0.2, 0.25) is 0 Å². The summed E-state index contributed by atoms with van der Waals surface area (Å²) in [5.74, 6) is -0.858. The van der Waals surface area contributed by atoms with Crippen LogP contribution in [0.5, 0.6) is 5.75 Å². The van der Waals surface area contributed by atoms with Crippen LogP contribution in [0, 0.1) is 0 Å². The molecule has 24 heavy (non-hydrogen) atoms. The molecular weight excluding hydrogens is 312 g/mol. The first-order valence-electron chi connectivity index (χ1n) is 7.14. The molecule has 3 rings (SSSR count). The average molecular weight is 326 g/mol. The fraction of sp³-hybridized carbons (Fsp3) is 0.118. The maximum atomic E-state index is 12.5. The van der Waals surface area contributed by atoms with Gasteiger partial charge in [0, 0.05) is 5.69 Å². The van der Waals surface area contributed by atoms with Crippen LogP contribution in [-0.4, -0.2) is 31.5 Å². The zero-order valence-corrected chi connectivity index (χ0v) is 12.8. The van der Waals surface area contributed by atoms with Gasteiger partial charge in [-0.1, -0.05) is 12.1 Å². The summed E-state index contributed by atoms with van der Waals surface area (Å²) >= 11 is 0. The molecule has 0 saturated heterocycles. The quantitative estimate of drug-likeness (QED) is 0.842. The molecule has 0 saturated carbocycles. The third-order valence-corrected chi connectivity index (χ3v) is 3.42. The summed E-state index contributed by atoms with van der Waals surface area (Å²) in [4.78, 5) is 35.4. The van der Waals surface area contributed by atoms with E-state index >= 15 is 0 Å². The molecule has 1 aliphatic rings. The number of esters is 1. The van der Waals surface area contributed by atoms with Gasteiger partial charge in [0.05, 0.1) is 23.9 Å². The van der Waals surface area contributed by atoms with Crippen molar-refractivity contribution in [2.75, 3.05) is 24.4 Å². The van der Waals surface area contributed by atoms with Gasteiger partial charge in [-0.25, -0.2) is 4.79 Å². The van der Waals surface area contributed by atoms with E-state index in [0.717, 1.165) is 0 Å². The molecule has 0 aliphatic carbocycles. The van der Waals surface area contributed by atoms with Gasteiger partial charge in [0.25, 0.3) is 11.8 Å². The molecule has 1 aliphatic heterocycles. The van der Waals surface area contributed by atoms with Gasteiger partial charge in [0.1, 0.15) is 0 Å². The molecule has 7 nitrogen and oxygen atoms in total. The normalized spacial score (nSPS) is 12.5. The molecule has 2 amide bonds. The van der Waals surface area contributed by atoms with Crippen molar-refractivity contribution >= 4 is 29.2 Å². The van der Waals surface area contributed by atoms with Crippen LogP contribution in [0.25, 0.3) is 0 Å². The van der Waals surface area contributed by atoms with E-state index in [1.165, 1.54) is 13.2 Å². The SMILES string of the molecule is COC(=O)c1cccc(NC(=O)c2cccc3c2OCC(=O)N3)c1. The van der Waals surface area contributed by atoms with Crippen molar-refractivity contribution in [1.29, 1.82) is 0 Å². The molecule has 0 unspecified atom stereocenters. The number of hydrogen-bond acceptors (Lipinski definition) is 5. The van der Waals surface area contributed by atoms with Crippen LogP contribution < -0.4 is 15.4 Å². The van der Waals surface area contributed by atoms with Gasteiger partial charge in [0.15, 0.2) is 12.4 Å². The zero-order chi connectivity index (χ0) is 17.1. The van der Waals surface area contributed by atoms with Gasteiger partial charge in [-0.15, -0.1) is 0 Å². The molecule has 0 bridgehead atoms. The van der Waals surface area contributed by atoms with E-state index in [0.29, 0.717) is 22.7 Å². The predicted octanol–water partition coefficient (Wildman–Crippen LogP) is 2.06. The summed E-state index contributed by atoms with van der Waals surface area (Å²) < 4.78 is 10.0. The summed E-state index contributed by atoms with van der Waals surface area (Å²) in [5.41, 5.74) is 1.51.